The molecule has 16 heavy (non-hydrogen) atoms. The fraction of sp³-hybridized carbons (Fsp3) is 0.455. The molecule has 4 nitrogen and oxygen atoms in total. The van der Waals surface area contributed by atoms with Crippen LogP contribution < -0.4 is 0 Å². The summed E-state index contributed by atoms with van der Waals surface area (Å²) in [5.41, 5.74) is 1.17. The Morgan fingerprint density at radius 2 is 2.25 bits per heavy atom. The Morgan fingerprint density at radius 3 is 2.94 bits per heavy atom. The third kappa shape index (κ3) is 2.27. The van der Waals surface area contributed by atoms with Gasteiger partial charge in [-0.3, -0.25) is 9.36 Å². The van der Waals surface area contributed by atoms with E-state index in [-0.39, 0.29) is 0 Å². The van der Waals surface area contributed by atoms with Gasteiger partial charge in [-0.1, -0.05) is 11.6 Å². The largest absolute Gasteiger partial charge is 0.272 e. The second-order valence-corrected chi connectivity index (χ2v) is 4.74. The summed E-state index contributed by atoms with van der Waals surface area (Å²) in [6, 6.07) is 1.79. The molecule has 0 aromatic carbocycles. The summed E-state index contributed by atoms with van der Waals surface area (Å²) in [7, 11) is 0. The van der Waals surface area contributed by atoms with Crippen LogP contribution >= 0.6 is 11.6 Å². The van der Waals surface area contributed by atoms with Gasteiger partial charge in [-0.2, -0.15) is 10.2 Å². The molecular formula is C11H13ClN4. The van der Waals surface area contributed by atoms with Gasteiger partial charge in [-0.15, -0.1) is 0 Å². The lowest BCUT2D eigenvalue weighted by Crippen LogP contribution is -2.01. The molecule has 1 fully saturated rings. The van der Waals surface area contributed by atoms with E-state index in [1.807, 2.05) is 21.8 Å². The van der Waals surface area contributed by atoms with E-state index in [4.69, 9.17) is 11.6 Å². The van der Waals surface area contributed by atoms with E-state index in [9.17, 15) is 0 Å². The Bertz CT molecular complexity index is 484. The van der Waals surface area contributed by atoms with Crippen LogP contribution in [0.15, 0.2) is 24.7 Å². The summed E-state index contributed by atoms with van der Waals surface area (Å²) in [6.07, 6.45) is 8.57. The van der Waals surface area contributed by atoms with E-state index in [0.717, 1.165) is 19.0 Å². The molecule has 5 heteroatoms. The van der Waals surface area contributed by atoms with Gasteiger partial charge in [0.25, 0.3) is 0 Å². The van der Waals surface area contributed by atoms with Crippen LogP contribution in [0.4, 0.5) is 0 Å². The number of nitrogens with zero attached hydrogens (tertiary/aromatic N) is 4. The number of halogens is 1. The van der Waals surface area contributed by atoms with E-state index in [2.05, 4.69) is 16.4 Å². The van der Waals surface area contributed by atoms with Gasteiger partial charge < -0.3 is 0 Å². The SMILES string of the molecule is Clc1ccn(Cc2cnn(CC3CC3)c2)n1. The molecule has 2 aromatic heterocycles. The average Bonchev–Trinajstić information content (AvgIpc) is 2.80. The maximum absolute atomic E-state index is 5.76. The molecule has 84 valence electrons. The minimum absolute atomic E-state index is 0.533. The predicted molar refractivity (Wildman–Crippen MR) is 61.3 cm³/mol. The van der Waals surface area contributed by atoms with Crippen molar-refractivity contribution in [3.63, 3.8) is 0 Å². The van der Waals surface area contributed by atoms with Crippen LogP contribution in [0.25, 0.3) is 0 Å². The quantitative estimate of drug-likeness (QED) is 0.816. The molecule has 3 rings (SSSR count). The minimum atomic E-state index is 0.533. The van der Waals surface area contributed by atoms with Crippen molar-refractivity contribution >= 4 is 11.6 Å². The first-order chi connectivity index (χ1) is 7.79. The molecule has 0 spiro atoms. The first-order valence-corrected chi connectivity index (χ1v) is 5.88. The van der Waals surface area contributed by atoms with Crippen LogP contribution in [0.2, 0.25) is 5.15 Å². The molecule has 0 amide bonds. The molecule has 0 atom stereocenters. The van der Waals surface area contributed by atoms with Crippen molar-refractivity contribution in [3.8, 4) is 0 Å². The Hall–Kier alpha value is -1.29. The maximum Gasteiger partial charge on any atom is 0.151 e. The summed E-state index contributed by atoms with van der Waals surface area (Å²) in [5.74, 6) is 0.854. The van der Waals surface area contributed by atoms with Crippen LogP contribution in [0.5, 0.6) is 0 Å². The molecule has 1 aliphatic carbocycles. The van der Waals surface area contributed by atoms with Gasteiger partial charge in [-0.25, -0.2) is 0 Å². The topological polar surface area (TPSA) is 35.6 Å². The minimum Gasteiger partial charge on any atom is -0.272 e. The van der Waals surface area contributed by atoms with Gasteiger partial charge in [0.1, 0.15) is 0 Å². The Kier molecular flexibility index (Phi) is 2.44. The van der Waals surface area contributed by atoms with Gasteiger partial charge in [0.2, 0.25) is 0 Å². The number of aromatic nitrogens is 4. The van der Waals surface area contributed by atoms with Gasteiger partial charge >= 0.3 is 0 Å². The molecular weight excluding hydrogens is 224 g/mol. The lowest BCUT2D eigenvalue weighted by atomic mass is 10.3. The Morgan fingerprint density at radius 1 is 1.38 bits per heavy atom. The highest BCUT2D eigenvalue weighted by atomic mass is 35.5. The summed E-state index contributed by atoms with van der Waals surface area (Å²) < 4.78 is 3.85. The van der Waals surface area contributed by atoms with Crippen molar-refractivity contribution < 1.29 is 0 Å². The summed E-state index contributed by atoms with van der Waals surface area (Å²) in [5, 5.41) is 9.01. The van der Waals surface area contributed by atoms with E-state index < -0.39 is 0 Å². The van der Waals surface area contributed by atoms with Gasteiger partial charge in [0.15, 0.2) is 5.15 Å². The monoisotopic (exact) mass is 236 g/mol. The highest BCUT2D eigenvalue weighted by Gasteiger charge is 2.21. The van der Waals surface area contributed by atoms with Gasteiger partial charge in [0, 0.05) is 24.5 Å². The van der Waals surface area contributed by atoms with E-state index in [1.165, 1.54) is 18.4 Å². The zero-order valence-corrected chi connectivity index (χ0v) is 9.64. The number of rotatable bonds is 4. The highest BCUT2D eigenvalue weighted by molar-refractivity contribution is 6.29. The second-order valence-electron chi connectivity index (χ2n) is 4.35. The fourth-order valence-corrected chi connectivity index (χ4v) is 1.92. The van der Waals surface area contributed by atoms with Crippen molar-refractivity contribution in [1.29, 1.82) is 0 Å². The van der Waals surface area contributed by atoms with Crippen molar-refractivity contribution in [2.45, 2.75) is 25.9 Å². The van der Waals surface area contributed by atoms with Crippen molar-refractivity contribution in [2.75, 3.05) is 0 Å². The van der Waals surface area contributed by atoms with Gasteiger partial charge in [-0.05, 0) is 24.8 Å². The smallest absolute Gasteiger partial charge is 0.151 e. The number of hydrogen-bond acceptors (Lipinski definition) is 2. The molecule has 1 aliphatic rings. The van der Waals surface area contributed by atoms with Crippen molar-refractivity contribution in [1.82, 2.24) is 19.6 Å². The Balaban J connectivity index is 1.67. The summed E-state index contributed by atoms with van der Waals surface area (Å²) in [4.78, 5) is 0. The molecule has 0 N–H and O–H groups in total. The molecule has 0 saturated heterocycles. The standard InChI is InChI=1S/C11H13ClN4/c12-11-3-4-15(14-11)7-10-5-13-16(8-10)6-9-1-2-9/h3-5,8-9H,1-2,6-7H2. The zero-order chi connectivity index (χ0) is 11.0. The van der Waals surface area contributed by atoms with Gasteiger partial charge in [0.05, 0.1) is 12.7 Å². The van der Waals surface area contributed by atoms with E-state index in [0.29, 0.717) is 5.15 Å². The van der Waals surface area contributed by atoms with Crippen molar-refractivity contribution in [3.05, 3.63) is 35.4 Å². The molecule has 0 unspecified atom stereocenters. The molecule has 0 radical (unpaired) electrons. The third-order valence-electron chi connectivity index (χ3n) is 2.78. The normalized spacial score (nSPS) is 15.6. The summed E-state index contributed by atoms with van der Waals surface area (Å²) >= 11 is 5.76. The lowest BCUT2D eigenvalue weighted by molar-refractivity contribution is 0.562. The fourth-order valence-electron chi connectivity index (χ4n) is 1.76. The Labute approximate surface area is 98.8 Å². The first kappa shape index (κ1) is 9.90. The third-order valence-corrected chi connectivity index (χ3v) is 2.98. The molecule has 1 saturated carbocycles. The van der Waals surface area contributed by atoms with Crippen LogP contribution in [0.3, 0.4) is 0 Å². The maximum atomic E-state index is 5.76. The van der Waals surface area contributed by atoms with Crippen LogP contribution in [0.1, 0.15) is 18.4 Å². The van der Waals surface area contributed by atoms with Crippen LogP contribution in [0, 0.1) is 5.92 Å². The van der Waals surface area contributed by atoms with Crippen molar-refractivity contribution in [2.24, 2.45) is 5.92 Å². The highest BCUT2D eigenvalue weighted by Crippen LogP contribution is 2.30. The molecule has 2 heterocycles. The van der Waals surface area contributed by atoms with E-state index >= 15 is 0 Å². The molecule has 0 bridgehead atoms. The number of hydrogen-bond donors (Lipinski definition) is 0. The predicted octanol–water partition coefficient (Wildman–Crippen LogP) is 2.19. The zero-order valence-electron chi connectivity index (χ0n) is 8.88. The first-order valence-electron chi connectivity index (χ1n) is 5.50. The molecule has 2 aromatic rings. The van der Waals surface area contributed by atoms with Crippen LogP contribution in [-0.2, 0) is 13.1 Å². The lowest BCUT2D eigenvalue weighted by Gasteiger charge is -1.98. The molecule has 0 aliphatic heterocycles. The van der Waals surface area contributed by atoms with E-state index in [1.54, 1.807) is 6.07 Å². The van der Waals surface area contributed by atoms with Crippen LogP contribution in [-0.4, -0.2) is 19.6 Å². The average molecular weight is 237 g/mol. The second kappa shape index (κ2) is 3.94. The summed E-state index contributed by atoms with van der Waals surface area (Å²) in [6.45, 7) is 1.79.